The van der Waals surface area contributed by atoms with Crippen molar-refractivity contribution in [3.8, 4) is 5.75 Å². The van der Waals surface area contributed by atoms with E-state index in [1.54, 1.807) is 17.4 Å². The summed E-state index contributed by atoms with van der Waals surface area (Å²) in [5, 5.41) is 14.3. The highest BCUT2D eigenvalue weighted by atomic mass is 32.1. The summed E-state index contributed by atoms with van der Waals surface area (Å²) in [6, 6.07) is 26.1. The predicted molar refractivity (Wildman–Crippen MR) is 171 cm³/mol. The molecule has 6 heteroatoms. The van der Waals surface area contributed by atoms with Crippen LogP contribution in [0.5, 0.6) is 5.75 Å². The number of phenols is 1. The van der Waals surface area contributed by atoms with Gasteiger partial charge in [-0.3, -0.25) is 14.5 Å². The monoisotopic (exact) mass is 589 g/mol. The summed E-state index contributed by atoms with van der Waals surface area (Å²) in [6.45, 7) is 3.02. The van der Waals surface area contributed by atoms with Gasteiger partial charge in [-0.1, -0.05) is 85.3 Å². The van der Waals surface area contributed by atoms with Crippen molar-refractivity contribution >= 4 is 45.6 Å². The molecule has 3 aliphatic rings. The Labute approximate surface area is 256 Å². The number of imide groups is 1. The first-order chi connectivity index (χ1) is 21.0. The molecule has 3 aromatic carbocycles. The van der Waals surface area contributed by atoms with Crippen LogP contribution in [0.15, 0.2) is 95.4 Å². The molecule has 4 aromatic rings. The second-order valence-corrected chi connectivity index (χ2v) is 12.8. The van der Waals surface area contributed by atoms with E-state index in [9.17, 15) is 14.7 Å². The molecule has 2 fully saturated rings. The number of rotatable bonds is 8. The van der Waals surface area contributed by atoms with Gasteiger partial charge in [0.2, 0.25) is 11.8 Å². The van der Waals surface area contributed by atoms with E-state index in [1.165, 1.54) is 21.6 Å². The van der Waals surface area contributed by atoms with Crippen molar-refractivity contribution in [3.63, 3.8) is 0 Å². The van der Waals surface area contributed by atoms with Crippen molar-refractivity contribution in [2.75, 3.05) is 6.61 Å². The molecule has 0 saturated carbocycles. The lowest BCUT2D eigenvalue weighted by Crippen LogP contribution is -2.34. The molecule has 4 atom stereocenters. The quantitative estimate of drug-likeness (QED) is 0.129. The van der Waals surface area contributed by atoms with E-state index in [1.807, 2.05) is 53.9 Å². The van der Waals surface area contributed by atoms with Crippen molar-refractivity contribution in [3.05, 3.63) is 111 Å². The van der Waals surface area contributed by atoms with Crippen LogP contribution in [0.4, 0.5) is 0 Å². The van der Waals surface area contributed by atoms with Crippen molar-refractivity contribution in [1.29, 1.82) is 0 Å². The Morgan fingerprint density at radius 1 is 0.953 bits per heavy atom. The van der Waals surface area contributed by atoms with Crippen molar-refractivity contribution in [2.24, 2.45) is 17.8 Å². The highest BCUT2D eigenvalue weighted by Crippen LogP contribution is 2.51. The van der Waals surface area contributed by atoms with Gasteiger partial charge in [-0.05, 0) is 70.9 Å². The maximum Gasteiger partial charge on any atom is 0.234 e. The zero-order chi connectivity index (χ0) is 29.5. The van der Waals surface area contributed by atoms with Crippen molar-refractivity contribution in [1.82, 2.24) is 4.90 Å². The second kappa shape index (κ2) is 11.6. The molecule has 1 N–H and O–H groups in total. The van der Waals surface area contributed by atoms with E-state index in [0.717, 1.165) is 46.0 Å². The lowest BCUT2D eigenvalue weighted by Gasteiger charge is -2.31. The van der Waals surface area contributed by atoms with E-state index < -0.39 is 0 Å². The van der Waals surface area contributed by atoms with Gasteiger partial charge in [-0.2, -0.15) is 0 Å². The first-order valence-electron chi connectivity index (χ1n) is 15.2. The van der Waals surface area contributed by atoms with Crippen molar-refractivity contribution in [2.45, 2.75) is 45.3 Å². The standard InChI is InChI=1S/C37H35NO4S/c1-2-23-20-30-35(37(41)38(36(30)40)21-27-11-8-18-43-27)31-22-42-33(34(23)31)17-15-25(24-9-4-3-5-10-24)19-26-14-16-32(39)29-13-7-6-12-28(26)29/h3-14,16,18-19,30-31,33,35,39H,2,15,17,20-22H2,1H3/b25-19-/t30-,31+,33-,35-/m1/s1. The fourth-order valence-corrected chi connectivity index (χ4v) is 8.14. The van der Waals surface area contributed by atoms with E-state index >= 15 is 0 Å². The molecule has 218 valence electrons. The Balaban J connectivity index is 1.17. The molecule has 2 amide bonds. The van der Waals surface area contributed by atoms with Crippen LogP contribution in [0, 0.1) is 17.8 Å². The summed E-state index contributed by atoms with van der Waals surface area (Å²) in [5.74, 6) is -0.408. The number of likely N-dealkylation sites (tertiary alicyclic amines) is 1. The minimum atomic E-state index is -0.324. The lowest BCUT2D eigenvalue weighted by atomic mass is 9.69. The van der Waals surface area contributed by atoms with Crippen LogP contribution in [0.3, 0.4) is 0 Å². The van der Waals surface area contributed by atoms with Crippen LogP contribution < -0.4 is 0 Å². The number of aromatic hydroxyl groups is 1. The molecule has 0 unspecified atom stereocenters. The topological polar surface area (TPSA) is 66.8 Å². The maximum absolute atomic E-state index is 13.7. The number of nitrogens with zero attached hydrogens (tertiary/aromatic N) is 1. The summed E-state index contributed by atoms with van der Waals surface area (Å²) in [5.41, 5.74) is 5.98. The molecule has 5 nitrogen and oxygen atoms in total. The number of phenolic OH excluding ortho intramolecular Hbond substituents is 1. The molecule has 0 spiro atoms. The van der Waals surface area contributed by atoms with E-state index in [-0.39, 0.29) is 41.4 Å². The van der Waals surface area contributed by atoms with Gasteiger partial charge in [0.25, 0.3) is 0 Å². The van der Waals surface area contributed by atoms with Gasteiger partial charge < -0.3 is 9.84 Å². The minimum Gasteiger partial charge on any atom is -0.507 e. The average molecular weight is 590 g/mol. The maximum atomic E-state index is 13.7. The number of carbonyl (C=O) groups excluding carboxylic acids is 2. The number of fused-ring (bicyclic) bond motifs is 4. The van der Waals surface area contributed by atoms with Crippen LogP contribution in [0.1, 0.15) is 48.6 Å². The lowest BCUT2D eigenvalue weighted by molar-refractivity contribution is -0.140. The molecule has 2 aliphatic heterocycles. The number of hydrogen-bond acceptors (Lipinski definition) is 5. The fourth-order valence-electron chi connectivity index (χ4n) is 7.45. The summed E-state index contributed by atoms with van der Waals surface area (Å²) >= 11 is 1.58. The first-order valence-corrected chi connectivity index (χ1v) is 16.1. The normalized spacial score (nSPS) is 23.7. The molecule has 0 bridgehead atoms. The molecular weight excluding hydrogens is 554 g/mol. The Morgan fingerprint density at radius 2 is 1.74 bits per heavy atom. The zero-order valence-corrected chi connectivity index (χ0v) is 25.1. The molecule has 43 heavy (non-hydrogen) atoms. The summed E-state index contributed by atoms with van der Waals surface area (Å²) < 4.78 is 6.49. The van der Waals surface area contributed by atoms with Crippen LogP contribution in [0.2, 0.25) is 0 Å². The summed E-state index contributed by atoms with van der Waals surface area (Å²) in [4.78, 5) is 29.7. The highest BCUT2D eigenvalue weighted by molar-refractivity contribution is 7.09. The smallest absolute Gasteiger partial charge is 0.234 e. The predicted octanol–water partition coefficient (Wildman–Crippen LogP) is 7.85. The van der Waals surface area contributed by atoms with E-state index in [2.05, 4.69) is 37.3 Å². The number of benzene rings is 3. The average Bonchev–Trinajstić information content (AvgIpc) is 3.77. The third-order valence-electron chi connectivity index (χ3n) is 9.51. The van der Waals surface area contributed by atoms with Crippen molar-refractivity contribution < 1.29 is 19.4 Å². The summed E-state index contributed by atoms with van der Waals surface area (Å²) in [6.07, 6.45) is 5.27. The number of allylic oxidation sites excluding steroid dienone is 2. The molecule has 2 saturated heterocycles. The number of carbonyl (C=O) groups is 2. The van der Waals surface area contributed by atoms with Crippen LogP contribution in [-0.2, 0) is 20.9 Å². The minimum absolute atomic E-state index is 0.0210. The van der Waals surface area contributed by atoms with Crippen LogP contribution in [-0.4, -0.2) is 34.5 Å². The van der Waals surface area contributed by atoms with Crippen LogP contribution in [0.25, 0.3) is 22.4 Å². The van der Waals surface area contributed by atoms with Gasteiger partial charge in [0.05, 0.1) is 31.1 Å². The van der Waals surface area contributed by atoms with E-state index in [4.69, 9.17) is 4.74 Å². The first kappa shape index (κ1) is 27.8. The van der Waals surface area contributed by atoms with Gasteiger partial charge >= 0.3 is 0 Å². The number of thiophene rings is 1. The van der Waals surface area contributed by atoms with Gasteiger partial charge in [0.1, 0.15) is 5.75 Å². The highest BCUT2D eigenvalue weighted by Gasteiger charge is 2.56. The zero-order valence-electron chi connectivity index (χ0n) is 24.2. The number of hydrogen-bond donors (Lipinski definition) is 1. The van der Waals surface area contributed by atoms with Gasteiger partial charge in [-0.15, -0.1) is 11.3 Å². The van der Waals surface area contributed by atoms with Gasteiger partial charge in [-0.25, -0.2) is 0 Å². The molecule has 7 rings (SSSR count). The third-order valence-corrected chi connectivity index (χ3v) is 10.4. The fraction of sp³-hybridized carbons (Fsp3) is 0.297. The Hall–Kier alpha value is -4.00. The molecule has 1 aliphatic carbocycles. The third kappa shape index (κ3) is 5.02. The Kier molecular flexibility index (Phi) is 7.50. The number of amides is 2. The molecule has 0 radical (unpaired) electrons. The second-order valence-electron chi connectivity index (χ2n) is 11.8. The largest absolute Gasteiger partial charge is 0.507 e. The summed E-state index contributed by atoms with van der Waals surface area (Å²) in [7, 11) is 0. The van der Waals surface area contributed by atoms with E-state index in [0.29, 0.717) is 19.6 Å². The molecular formula is C37H35NO4S. The molecule has 3 heterocycles. The number of ether oxygens (including phenoxy) is 1. The SMILES string of the molecule is CCC1=C2[C@@H](CC/C(=C/c3ccc(O)c4ccccc34)c3ccccc3)OC[C@@H]2[C@@H]2C(=O)N(Cc3cccs3)C(=O)[C@@H]2C1. The Bertz CT molecular complexity index is 1740. The Morgan fingerprint density at radius 3 is 2.51 bits per heavy atom. The van der Waals surface area contributed by atoms with Gasteiger partial charge in [0, 0.05) is 16.2 Å². The van der Waals surface area contributed by atoms with Crippen LogP contribution >= 0.6 is 11.3 Å². The van der Waals surface area contributed by atoms with Gasteiger partial charge in [0.15, 0.2) is 0 Å². The molecule has 1 aromatic heterocycles.